The zero-order chi connectivity index (χ0) is 27.5. The van der Waals surface area contributed by atoms with Gasteiger partial charge in [-0.3, -0.25) is 9.69 Å². The maximum absolute atomic E-state index is 12.9. The van der Waals surface area contributed by atoms with Gasteiger partial charge in [0.1, 0.15) is 12.4 Å². The number of carbonyl (C=O) groups excluding carboxylic acids is 1. The number of amides is 1. The smallest absolute Gasteiger partial charge is 0.251 e. The molecule has 0 bridgehead atoms. The Morgan fingerprint density at radius 3 is 2.69 bits per heavy atom. The standard InChI is InChI=1S/C32H43N3O4/c1-4-6-17-37-19-20-39-30-10-7-25(8-11-30)26-9-12-31-28(21-26)22-27(32(36)33-14-5-2)13-15-35(31)23-29-24-38-18-16-34(29)3/h5,7-12,14,21-22,29H,4,6,13,15-20,23-24H2,1-3H3,(H,33,36)/b14-5+/t29-/m0/s1. The third-order valence-electron chi connectivity index (χ3n) is 7.30. The lowest BCUT2D eigenvalue weighted by atomic mass is 10.00. The highest BCUT2D eigenvalue weighted by atomic mass is 16.5. The van der Waals surface area contributed by atoms with Crippen LogP contribution in [0.25, 0.3) is 17.2 Å². The second-order valence-electron chi connectivity index (χ2n) is 10.2. The van der Waals surface area contributed by atoms with Crippen molar-refractivity contribution in [2.45, 2.75) is 39.2 Å². The van der Waals surface area contributed by atoms with Crippen LogP contribution in [0.5, 0.6) is 5.75 Å². The minimum atomic E-state index is -0.0513. The molecule has 1 N–H and O–H groups in total. The van der Waals surface area contributed by atoms with Gasteiger partial charge in [0.2, 0.25) is 0 Å². The predicted molar refractivity (Wildman–Crippen MR) is 158 cm³/mol. The molecule has 0 radical (unpaired) electrons. The van der Waals surface area contributed by atoms with E-state index in [9.17, 15) is 4.79 Å². The lowest BCUT2D eigenvalue weighted by Gasteiger charge is -2.37. The van der Waals surface area contributed by atoms with Crippen molar-refractivity contribution in [2.75, 3.05) is 64.6 Å². The average molecular weight is 534 g/mol. The summed E-state index contributed by atoms with van der Waals surface area (Å²) in [5.41, 5.74) is 5.20. The highest BCUT2D eigenvalue weighted by Gasteiger charge is 2.26. The maximum Gasteiger partial charge on any atom is 0.251 e. The number of carbonyl (C=O) groups is 1. The number of rotatable bonds is 12. The number of nitrogens with one attached hydrogen (secondary N) is 1. The number of hydrogen-bond acceptors (Lipinski definition) is 6. The van der Waals surface area contributed by atoms with Gasteiger partial charge in [0.25, 0.3) is 5.91 Å². The highest BCUT2D eigenvalue weighted by Crippen LogP contribution is 2.33. The molecule has 0 saturated carbocycles. The van der Waals surface area contributed by atoms with Crippen LogP contribution < -0.4 is 15.0 Å². The van der Waals surface area contributed by atoms with Gasteiger partial charge in [0.15, 0.2) is 0 Å². The molecule has 2 heterocycles. The number of allylic oxidation sites excluding steroid dienone is 1. The lowest BCUT2D eigenvalue weighted by Crippen LogP contribution is -2.49. The molecule has 0 spiro atoms. The molecule has 7 nitrogen and oxygen atoms in total. The van der Waals surface area contributed by atoms with Crippen LogP contribution in [-0.2, 0) is 14.3 Å². The number of anilines is 1. The molecule has 1 fully saturated rings. The van der Waals surface area contributed by atoms with E-state index in [0.717, 1.165) is 86.0 Å². The Morgan fingerprint density at radius 1 is 1.10 bits per heavy atom. The summed E-state index contributed by atoms with van der Waals surface area (Å²) in [6.45, 7) is 10.1. The number of benzene rings is 2. The number of nitrogens with zero attached hydrogens (tertiary/aromatic N) is 2. The molecule has 0 aromatic heterocycles. The monoisotopic (exact) mass is 533 g/mol. The summed E-state index contributed by atoms with van der Waals surface area (Å²) < 4.78 is 17.2. The van der Waals surface area contributed by atoms with E-state index in [-0.39, 0.29) is 5.91 Å². The van der Waals surface area contributed by atoms with Crippen molar-refractivity contribution < 1.29 is 19.0 Å². The molecule has 4 rings (SSSR count). The van der Waals surface area contributed by atoms with E-state index in [2.05, 4.69) is 65.5 Å². The highest BCUT2D eigenvalue weighted by molar-refractivity contribution is 6.00. The lowest BCUT2D eigenvalue weighted by molar-refractivity contribution is -0.116. The van der Waals surface area contributed by atoms with Crippen molar-refractivity contribution in [2.24, 2.45) is 0 Å². The van der Waals surface area contributed by atoms with Crippen LogP contribution in [0, 0.1) is 0 Å². The van der Waals surface area contributed by atoms with Gasteiger partial charge < -0.3 is 24.4 Å². The maximum atomic E-state index is 12.9. The minimum absolute atomic E-state index is 0.0513. The summed E-state index contributed by atoms with van der Waals surface area (Å²) in [6.07, 6.45) is 8.47. The molecular weight excluding hydrogens is 490 g/mol. The first kappa shape index (κ1) is 28.9. The van der Waals surface area contributed by atoms with Gasteiger partial charge in [-0.25, -0.2) is 0 Å². The Labute approximate surface area is 233 Å². The normalized spacial score (nSPS) is 18.0. The van der Waals surface area contributed by atoms with Crippen LogP contribution in [0.4, 0.5) is 5.69 Å². The largest absolute Gasteiger partial charge is 0.491 e. The molecule has 1 atom stereocenters. The Hall–Kier alpha value is -3.13. The van der Waals surface area contributed by atoms with Gasteiger partial charge in [-0.15, -0.1) is 0 Å². The summed E-state index contributed by atoms with van der Waals surface area (Å²) >= 11 is 0. The van der Waals surface area contributed by atoms with Gasteiger partial charge in [-0.05, 0) is 80.0 Å². The quantitative estimate of drug-likeness (QED) is 0.382. The van der Waals surface area contributed by atoms with E-state index >= 15 is 0 Å². The zero-order valence-corrected chi connectivity index (χ0v) is 23.7. The first-order valence-electron chi connectivity index (χ1n) is 14.2. The number of ether oxygens (including phenoxy) is 3. The number of unbranched alkanes of at least 4 members (excludes halogenated alkanes) is 1. The van der Waals surface area contributed by atoms with Crippen LogP contribution >= 0.6 is 0 Å². The Kier molecular flexibility index (Phi) is 11.0. The van der Waals surface area contributed by atoms with E-state index in [4.69, 9.17) is 14.2 Å². The second-order valence-corrected chi connectivity index (χ2v) is 10.2. The SMILES string of the molecule is C/C=C/NC(=O)C1=Cc2cc(-c3ccc(OCCOCCCC)cc3)ccc2N(C[C@H]2COCCN2C)CC1. The van der Waals surface area contributed by atoms with Gasteiger partial charge in [0.05, 0.1) is 25.9 Å². The van der Waals surface area contributed by atoms with Crippen molar-refractivity contribution in [1.29, 1.82) is 0 Å². The topological polar surface area (TPSA) is 63.3 Å². The Bertz CT molecular complexity index is 1130. The summed E-state index contributed by atoms with van der Waals surface area (Å²) in [5, 5.41) is 2.89. The zero-order valence-electron chi connectivity index (χ0n) is 23.7. The molecule has 1 saturated heterocycles. The molecule has 1 amide bonds. The second kappa shape index (κ2) is 14.9. The van der Waals surface area contributed by atoms with E-state index in [0.29, 0.717) is 25.7 Å². The fourth-order valence-corrected chi connectivity index (χ4v) is 4.89. The number of fused-ring (bicyclic) bond motifs is 1. The van der Waals surface area contributed by atoms with Crippen molar-refractivity contribution in [3.63, 3.8) is 0 Å². The van der Waals surface area contributed by atoms with Crippen LogP contribution in [0.3, 0.4) is 0 Å². The van der Waals surface area contributed by atoms with E-state index in [1.807, 2.05) is 25.1 Å². The first-order valence-corrected chi connectivity index (χ1v) is 14.2. The van der Waals surface area contributed by atoms with Gasteiger partial charge in [-0.1, -0.05) is 37.6 Å². The van der Waals surface area contributed by atoms with E-state index < -0.39 is 0 Å². The molecule has 2 aliphatic heterocycles. The third kappa shape index (κ3) is 8.18. The molecule has 39 heavy (non-hydrogen) atoms. The van der Waals surface area contributed by atoms with Crippen LogP contribution in [0.2, 0.25) is 0 Å². The molecule has 0 unspecified atom stereocenters. The fraction of sp³-hybridized carbons (Fsp3) is 0.469. The number of hydrogen-bond donors (Lipinski definition) is 1. The van der Waals surface area contributed by atoms with Crippen LogP contribution in [0.1, 0.15) is 38.7 Å². The molecule has 7 heteroatoms. The van der Waals surface area contributed by atoms with Gasteiger partial charge in [0, 0.05) is 37.5 Å². The minimum Gasteiger partial charge on any atom is -0.491 e. The third-order valence-corrected chi connectivity index (χ3v) is 7.30. The number of likely N-dealkylation sites (N-methyl/N-ethyl adjacent to an activating group) is 1. The van der Waals surface area contributed by atoms with E-state index in [1.165, 1.54) is 0 Å². The number of morpholine rings is 1. The summed E-state index contributed by atoms with van der Waals surface area (Å²) in [5.74, 6) is 0.782. The van der Waals surface area contributed by atoms with Crippen molar-refractivity contribution in [3.05, 3.63) is 65.9 Å². The molecule has 2 aromatic carbocycles. The fourth-order valence-electron chi connectivity index (χ4n) is 4.89. The van der Waals surface area contributed by atoms with Crippen LogP contribution in [-0.4, -0.2) is 76.6 Å². The predicted octanol–water partition coefficient (Wildman–Crippen LogP) is 5.12. The Balaban J connectivity index is 1.52. The summed E-state index contributed by atoms with van der Waals surface area (Å²) in [6, 6.07) is 15.0. The average Bonchev–Trinajstić information content (AvgIpc) is 3.14. The van der Waals surface area contributed by atoms with Crippen LogP contribution in [0.15, 0.2) is 60.3 Å². The van der Waals surface area contributed by atoms with Gasteiger partial charge >= 0.3 is 0 Å². The van der Waals surface area contributed by atoms with Crippen molar-refractivity contribution in [3.8, 4) is 16.9 Å². The molecule has 2 aromatic rings. The summed E-state index contributed by atoms with van der Waals surface area (Å²) in [4.78, 5) is 17.7. The Morgan fingerprint density at radius 2 is 1.92 bits per heavy atom. The van der Waals surface area contributed by atoms with E-state index in [1.54, 1.807) is 6.20 Å². The molecule has 2 aliphatic rings. The molecular formula is C32H43N3O4. The first-order chi connectivity index (χ1) is 19.1. The molecule has 0 aliphatic carbocycles. The molecule has 210 valence electrons. The van der Waals surface area contributed by atoms with Crippen molar-refractivity contribution >= 4 is 17.7 Å². The van der Waals surface area contributed by atoms with Gasteiger partial charge in [-0.2, -0.15) is 0 Å². The summed E-state index contributed by atoms with van der Waals surface area (Å²) in [7, 11) is 2.16. The van der Waals surface area contributed by atoms with Crippen molar-refractivity contribution in [1.82, 2.24) is 10.2 Å².